The van der Waals surface area contributed by atoms with Gasteiger partial charge in [0.25, 0.3) is 0 Å². The fourth-order valence-electron chi connectivity index (χ4n) is 4.87. The standard InChI is InChI=1S/C19H20O5/c1-18-9-12-15(24-12)19(2,17(21)23-4)14(18)13(16(20)22-3)10-7-5-6-8-11(10)18/h5-8,12,15H,9H2,1-4H3/t12?,15?,18-,19-/m0/s1. The topological polar surface area (TPSA) is 65.1 Å². The van der Waals surface area contributed by atoms with E-state index < -0.39 is 16.8 Å². The number of ether oxygens (including phenoxy) is 3. The molecular formula is C19H20O5. The van der Waals surface area contributed by atoms with Gasteiger partial charge in [-0.3, -0.25) is 4.79 Å². The summed E-state index contributed by atoms with van der Waals surface area (Å²) in [5.41, 5.74) is 1.71. The van der Waals surface area contributed by atoms with Crippen LogP contribution < -0.4 is 0 Å². The van der Waals surface area contributed by atoms with Crippen LogP contribution in [0.3, 0.4) is 0 Å². The van der Waals surface area contributed by atoms with Crippen LogP contribution in [0.15, 0.2) is 29.8 Å². The van der Waals surface area contributed by atoms with Gasteiger partial charge in [0.1, 0.15) is 11.5 Å². The Kier molecular flexibility index (Phi) is 3.01. The normalized spacial score (nSPS) is 35.7. The molecule has 24 heavy (non-hydrogen) atoms. The van der Waals surface area contributed by atoms with Gasteiger partial charge in [0.2, 0.25) is 0 Å². The van der Waals surface area contributed by atoms with Crippen molar-refractivity contribution in [1.29, 1.82) is 0 Å². The van der Waals surface area contributed by atoms with E-state index in [2.05, 4.69) is 6.92 Å². The average Bonchev–Trinajstić information content (AvgIpc) is 3.31. The molecule has 2 unspecified atom stereocenters. The molecule has 0 amide bonds. The van der Waals surface area contributed by atoms with Crippen molar-refractivity contribution in [2.45, 2.75) is 37.9 Å². The van der Waals surface area contributed by atoms with E-state index in [4.69, 9.17) is 14.2 Å². The van der Waals surface area contributed by atoms with Crippen LogP contribution in [0.1, 0.15) is 31.4 Å². The molecule has 4 atom stereocenters. The van der Waals surface area contributed by atoms with Crippen LogP contribution in [0.4, 0.5) is 0 Å². The zero-order valence-electron chi connectivity index (χ0n) is 14.2. The summed E-state index contributed by atoms with van der Waals surface area (Å²) >= 11 is 0. The highest BCUT2D eigenvalue weighted by molar-refractivity contribution is 6.21. The molecule has 4 rings (SSSR count). The zero-order chi connectivity index (χ0) is 17.3. The quantitative estimate of drug-likeness (QED) is 0.615. The molecular weight excluding hydrogens is 308 g/mol. The molecule has 0 aromatic heterocycles. The van der Waals surface area contributed by atoms with Gasteiger partial charge in [0, 0.05) is 5.41 Å². The third-order valence-corrected chi connectivity index (χ3v) is 5.87. The first-order valence-corrected chi connectivity index (χ1v) is 8.07. The molecule has 1 aromatic rings. The SMILES string of the molecule is COC(=O)C1=C2[C@](C)(C(=O)OC)C3OC3C[C@@]2(C)c2ccccc21. The lowest BCUT2D eigenvalue weighted by Gasteiger charge is -2.41. The summed E-state index contributed by atoms with van der Waals surface area (Å²) in [6.45, 7) is 3.90. The molecule has 2 aliphatic carbocycles. The Balaban J connectivity index is 2.05. The maximum atomic E-state index is 12.7. The smallest absolute Gasteiger partial charge is 0.338 e. The largest absolute Gasteiger partial charge is 0.468 e. The van der Waals surface area contributed by atoms with Gasteiger partial charge in [-0.25, -0.2) is 4.79 Å². The van der Waals surface area contributed by atoms with Crippen molar-refractivity contribution >= 4 is 17.5 Å². The van der Waals surface area contributed by atoms with Crippen LogP contribution in [0.2, 0.25) is 0 Å². The van der Waals surface area contributed by atoms with Crippen LogP contribution in [0.5, 0.6) is 0 Å². The third-order valence-electron chi connectivity index (χ3n) is 5.87. The summed E-state index contributed by atoms with van der Waals surface area (Å²) < 4.78 is 16.0. The van der Waals surface area contributed by atoms with E-state index in [-0.39, 0.29) is 18.2 Å². The highest BCUT2D eigenvalue weighted by Gasteiger charge is 2.70. The van der Waals surface area contributed by atoms with Gasteiger partial charge in [-0.05, 0) is 30.0 Å². The molecule has 0 bridgehead atoms. The van der Waals surface area contributed by atoms with Crippen LogP contribution in [-0.2, 0) is 29.2 Å². The number of hydrogen-bond acceptors (Lipinski definition) is 5. The monoisotopic (exact) mass is 328 g/mol. The lowest BCUT2D eigenvalue weighted by molar-refractivity contribution is -0.151. The number of benzene rings is 1. The summed E-state index contributed by atoms with van der Waals surface area (Å²) in [5.74, 6) is -0.791. The van der Waals surface area contributed by atoms with E-state index in [0.29, 0.717) is 5.57 Å². The predicted octanol–water partition coefficient (Wildman–Crippen LogP) is 2.23. The zero-order valence-corrected chi connectivity index (χ0v) is 14.2. The third kappa shape index (κ3) is 1.63. The fourth-order valence-corrected chi connectivity index (χ4v) is 4.87. The maximum Gasteiger partial charge on any atom is 0.338 e. The number of carbonyl (C=O) groups excluding carboxylic acids is 2. The van der Waals surface area contributed by atoms with Gasteiger partial charge < -0.3 is 14.2 Å². The molecule has 1 saturated carbocycles. The van der Waals surface area contributed by atoms with Crippen LogP contribution in [0, 0.1) is 5.41 Å². The van der Waals surface area contributed by atoms with E-state index in [0.717, 1.165) is 23.1 Å². The molecule has 126 valence electrons. The molecule has 2 fully saturated rings. The number of esters is 2. The van der Waals surface area contributed by atoms with E-state index in [1.54, 1.807) is 0 Å². The van der Waals surface area contributed by atoms with Crippen molar-refractivity contribution in [3.8, 4) is 0 Å². The second-order valence-electron chi connectivity index (χ2n) is 7.11. The molecule has 0 radical (unpaired) electrons. The second kappa shape index (κ2) is 4.70. The van der Waals surface area contributed by atoms with E-state index >= 15 is 0 Å². The molecule has 1 aliphatic heterocycles. The van der Waals surface area contributed by atoms with Crippen molar-refractivity contribution < 1.29 is 23.8 Å². The Hall–Kier alpha value is -2.14. The minimum atomic E-state index is -0.991. The lowest BCUT2D eigenvalue weighted by Crippen LogP contribution is -2.48. The van der Waals surface area contributed by atoms with Gasteiger partial charge in [0.15, 0.2) is 0 Å². The van der Waals surface area contributed by atoms with Gasteiger partial charge in [0.05, 0.1) is 25.9 Å². The summed E-state index contributed by atoms with van der Waals surface area (Å²) in [7, 11) is 2.74. The second-order valence-corrected chi connectivity index (χ2v) is 7.11. The molecule has 1 heterocycles. The Labute approximate surface area is 140 Å². The van der Waals surface area contributed by atoms with Crippen molar-refractivity contribution in [2.75, 3.05) is 14.2 Å². The summed E-state index contributed by atoms with van der Waals surface area (Å²) in [5, 5.41) is 0. The van der Waals surface area contributed by atoms with Crippen molar-refractivity contribution in [3.63, 3.8) is 0 Å². The molecule has 5 nitrogen and oxygen atoms in total. The Bertz CT molecular complexity index is 795. The average molecular weight is 328 g/mol. The van der Waals surface area contributed by atoms with Crippen LogP contribution in [-0.4, -0.2) is 38.4 Å². The molecule has 3 aliphatic rings. The molecule has 1 saturated heterocycles. The van der Waals surface area contributed by atoms with E-state index in [1.807, 2.05) is 31.2 Å². The molecule has 5 heteroatoms. The van der Waals surface area contributed by atoms with Gasteiger partial charge in [-0.2, -0.15) is 0 Å². The predicted molar refractivity (Wildman–Crippen MR) is 86.1 cm³/mol. The van der Waals surface area contributed by atoms with Crippen molar-refractivity contribution in [1.82, 2.24) is 0 Å². The van der Waals surface area contributed by atoms with E-state index in [1.165, 1.54) is 14.2 Å². The first-order valence-electron chi connectivity index (χ1n) is 8.07. The molecule has 0 spiro atoms. The highest BCUT2D eigenvalue weighted by atomic mass is 16.6. The maximum absolute atomic E-state index is 12.7. The number of rotatable bonds is 2. The summed E-state index contributed by atoms with van der Waals surface area (Å²) in [6, 6.07) is 7.79. The van der Waals surface area contributed by atoms with Crippen LogP contribution in [0.25, 0.3) is 5.57 Å². The minimum absolute atomic E-state index is 0.00732. The number of methoxy groups -OCH3 is 2. The van der Waals surface area contributed by atoms with Crippen molar-refractivity contribution in [3.05, 3.63) is 41.0 Å². The van der Waals surface area contributed by atoms with Gasteiger partial charge >= 0.3 is 11.9 Å². The number of hydrogen-bond donors (Lipinski definition) is 0. The van der Waals surface area contributed by atoms with Gasteiger partial charge in [-0.15, -0.1) is 0 Å². The molecule has 1 aromatic carbocycles. The summed E-state index contributed by atoms with van der Waals surface area (Å²) in [6.07, 6.45) is 0.506. The lowest BCUT2D eigenvalue weighted by atomic mass is 9.59. The molecule has 0 N–H and O–H groups in total. The Morgan fingerprint density at radius 2 is 1.88 bits per heavy atom. The first kappa shape index (κ1) is 15.4. The summed E-state index contributed by atoms with van der Waals surface area (Å²) in [4.78, 5) is 25.3. The Morgan fingerprint density at radius 1 is 1.17 bits per heavy atom. The first-order chi connectivity index (χ1) is 11.4. The number of epoxide rings is 1. The number of fused-ring (bicyclic) bond motifs is 4. The highest BCUT2D eigenvalue weighted by Crippen LogP contribution is 2.65. The minimum Gasteiger partial charge on any atom is -0.468 e. The van der Waals surface area contributed by atoms with E-state index in [9.17, 15) is 9.59 Å². The van der Waals surface area contributed by atoms with Crippen LogP contribution >= 0.6 is 0 Å². The van der Waals surface area contributed by atoms with Gasteiger partial charge in [-0.1, -0.05) is 31.2 Å². The number of carbonyl (C=O) groups is 2. The fraction of sp³-hybridized carbons (Fsp3) is 0.474. The Morgan fingerprint density at radius 3 is 2.54 bits per heavy atom. The van der Waals surface area contributed by atoms with Crippen molar-refractivity contribution in [2.24, 2.45) is 5.41 Å².